The average molecular weight is 296 g/mol. The molecule has 0 radical (unpaired) electrons. The topological polar surface area (TPSA) is 52.4 Å². The van der Waals surface area contributed by atoms with E-state index < -0.39 is 10.9 Å². The Kier molecular flexibility index (Phi) is 4.05. The maximum Gasteiger partial charge on any atom is 0.304 e. The van der Waals surface area contributed by atoms with Gasteiger partial charge in [-0.25, -0.2) is 0 Å². The van der Waals surface area contributed by atoms with Crippen LogP contribution in [0.25, 0.3) is 0 Å². The van der Waals surface area contributed by atoms with E-state index in [-0.39, 0.29) is 15.4 Å². The van der Waals surface area contributed by atoms with Crippen molar-refractivity contribution < 1.29 is 14.1 Å². The number of ether oxygens (including phenoxy) is 1. The largest absolute Gasteiger partial charge is 0.430 e. The van der Waals surface area contributed by atoms with E-state index in [9.17, 15) is 14.5 Å². The molecule has 0 aliphatic heterocycles. The third kappa shape index (κ3) is 3.49. The summed E-state index contributed by atoms with van der Waals surface area (Å²) in [6, 6.07) is 3.93. The molecule has 0 heterocycles. The number of hydrogen-bond donors (Lipinski definition) is 0. The zero-order chi connectivity index (χ0) is 11.4. The summed E-state index contributed by atoms with van der Waals surface area (Å²) in [7, 11) is 0. The zero-order valence-corrected chi connectivity index (χ0v) is 9.46. The third-order valence-electron chi connectivity index (χ3n) is 1.40. The minimum absolute atomic E-state index is 0.100. The van der Waals surface area contributed by atoms with E-state index in [4.69, 9.17) is 11.6 Å². The highest BCUT2D eigenvalue weighted by molar-refractivity contribution is 9.12. The van der Waals surface area contributed by atoms with Gasteiger partial charge in [0, 0.05) is 12.1 Å². The van der Waals surface area contributed by atoms with Gasteiger partial charge in [0.25, 0.3) is 5.69 Å². The van der Waals surface area contributed by atoms with E-state index in [1.54, 1.807) is 0 Å². The molecule has 7 heteroatoms. The standard InChI is InChI=1S/C8H4BrClFNO3/c9-7(10)8(11)15-6-3-1-5(2-4-6)12(13)14/h1-4H/b8-7+. The highest BCUT2D eigenvalue weighted by Crippen LogP contribution is 2.23. The Balaban J connectivity index is 2.82. The third-order valence-corrected chi connectivity index (χ3v) is 1.86. The van der Waals surface area contributed by atoms with Crippen molar-refractivity contribution in [2.24, 2.45) is 0 Å². The highest BCUT2D eigenvalue weighted by atomic mass is 79.9. The van der Waals surface area contributed by atoms with Crippen LogP contribution in [0.4, 0.5) is 10.1 Å². The molecule has 0 saturated carbocycles. The summed E-state index contributed by atoms with van der Waals surface area (Å²) < 4.78 is 17.1. The number of hydrogen-bond acceptors (Lipinski definition) is 3. The van der Waals surface area contributed by atoms with Crippen molar-refractivity contribution in [1.82, 2.24) is 0 Å². The van der Waals surface area contributed by atoms with Gasteiger partial charge in [0.2, 0.25) is 0 Å². The van der Waals surface area contributed by atoms with Gasteiger partial charge in [0.1, 0.15) is 5.75 Å². The molecule has 15 heavy (non-hydrogen) atoms. The van der Waals surface area contributed by atoms with E-state index in [1.807, 2.05) is 0 Å². The fourth-order valence-electron chi connectivity index (χ4n) is 0.778. The smallest absolute Gasteiger partial charge is 0.304 e. The monoisotopic (exact) mass is 295 g/mol. The molecule has 0 aliphatic carbocycles. The van der Waals surface area contributed by atoms with Crippen molar-refractivity contribution in [1.29, 1.82) is 0 Å². The van der Waals surface area contributed by atoms with Crippen molar-refractivity contribution in [3.63, 3.8) is 0 Å². The van der Waals surface area contributed by atoms with Crippen molar-refractivity contribution in [2.45, 2.75) is 0 Å². The molecule has 0 saturated heterocycles. The number of benzene rings is 1. The fraction of sp³-hybridized carbons (Fsp3) is 0. The van der Waals surface area contributed by atoms with Crippen molar-refractivity contribution in [2.75, 3.05) is 0 Å². The van der Waals surface area contributed by atoms with Crippen LogP contribution in [0.2, 0.25) is 0 Å². The molecule has 0 spiro atoms. The maximum absolute atomic E-state index is 12.8. The normalized spacial score (nSPS) is 11.9. The molecule has 0 aliphatic rings. The molecule has 0 atom stereocenters. The number of non-ortho nitro benzene ring substituents is 1. The summed E-state index contributed by atoms with van der Waals surface area (Å²) in [5.41, 5.74) is -0.100. The number of nitro groups is 1. The Morgan fingerprint density at radius 2 is 2.00 bits per heavy atom. The Hall–Kier alpha value is -1.14. The van der Waals surface area contributed by atoms with Crippen LogP contribution in [-0.4, -0.2) is 4.92 Å². The lowest BCUT2D eigenvalue weighted by molar-refractivity contribution is -0.384. The molecule has 0 fully saturated rings. The molecule has 1 aromatic rings. The molecule has 0 unspecified atom stereocenters. The van der Waals surface area contributed by atoms with E-state index >= 15 is 0 Å². The lowest BCUT2D eigenvalue weighted by Gasteiger charge is -2.01. The molecule has 4 nitrogen and oxygen atoms in total. The van der Waals surface area contributed by atoms with E-state index in [0.29, 0.717) is 0 Å². The van der Waals surface area contributed by atoms with Gasteiger partial charge in [0.05, 0.1) is 4.92 Å². The van der Waals surface area contributed by atoms with Crippen molar-refractivity contribution >= 4 is 33.2 Å². The average Bonchev–Trinajstić information content (AvgIpc) is 2.18. The summed E-state index contributed by atoms with van der Waals surface area (Å²) in [6.45, 7) is 0. The first-order valence-corrected chi connectivity index (χ1v) is 4.81. The summed E-state index contributed by atoms with van der Waals surface area (Å²) in [4.78, 5) is 9.73. The van der Waals surface area contributed by atoms with Crippen LogP contribution in [0.1, 0.15) is 0 Å². The highest BCUT2D eigenvalue weighted by Gasteiger charge is 2.07. The first kappa shape index (κ1) is 11.9. The Morgan fingerprint density at radius 1 is 1.47 bits per heavy atom. The Labute approximate surface area is 97.6 Å². The maximum atomic E-state index is 12.8. The van der Waals surface area contributed by atoms with Gasteiger partial charge in [-0.15, -0.1) is 0 Å². The Bertz CT molecular complexity index is 403. The lowest BCUT2D eigenvalue weighted by Crippen LogP contribution is -1.91. The number of nitrogens with zero attached hydrogens (tertiary/aromatic N) is 1. The second kappa shape index (κ2) is 5.09. The first-order chi connectivity index (χ1) is 7.00. The molecule has 0 bridgehead atoms. The Morgan fingerprint density at radius 3 is 2.40 bits per heavy atom. The summed E-state index contributed by atoms with van der Waals surface area (Å²) >= 11 is 7.92. The van der Waals surface area contributed by atoms with Crippen molar-refractivity contribution in [3.05, 3.63) is 44.3 Å². The molecule has 1 aromatic carbocycles. The minimum Gasteiger partial charge on any atom is -0.430 e. The molecule has 0 aromatic heterocycles. The molecule has 0 amide bonds. The second-order valence-electron chi connectivity index (χ2n) is 2.39. The zero-order valence-electron chi connectivity index (χ0n) is 7.12. The van der Waals surface area contributed by atoms with Gasteiger partial charge in [-0.05, 0) is 28.1 Å². The number of rotatable bonds is 3. The minimum atomic E-state index is -1.01. The van der Waals surface area contributed by atoms with Crippen LogP contribution >= 0.6 is 27.5 Å². The lowest BCUT2D eigenvalue weighted by atomic mass is 10.3. The van der Waals surface area contributed by atoms with Crippen molar-refractivity contribution in [3.8, 4) is 5.75 Å². The molecule has 80 valence electrons. The van der Waals surface area contributed by atoms with Gasteiger partial charge >= 0.3 is 6.01 Å². The predicted octanol–water partition coefficient (Wildman–Crippen LogP) is 3.70. The SMILES string of the molecule is O=[N+]([O-])c1ccc(O/C(F)=C(/Cl)Br)cc1. The second-order valence-corrected chi connectivity index (χ2v) is 4.01. The van der Waals surface area contributed by atoms with Crippen LogP contribution in [-0.2, 0) is 0 Å². The molecule has 1 rings (SSSR count). The van der Waals surface area contributed by atoms with Gasteiger partial charge in [-0.2, -0.15) is 4.39 Å². The predicted molar refractivity (Wildman–Crippen MR) is 56.6 cm³/mol. The van der Waals surface area contributed by atoms with E-state index in [0.717, 1.165) is 0 Å². The van der Waals surface area contributed by atoms with Crippen LogP contribution in [0.3, 0.4) is 0 Å². The van der Waals surface area contributed by atoms with Crippen LogP contribution in [0, 0.1) is 10.1 Å². The van der Waals surface area contributed by atoms with Gasteiger partial charge in [0.15, 0.2) is 3.94 Å². The number of halogens is 3. The van der Waals surface area contributed by atoms with Crippen LogP contribution in [0.5, 0.6) is 5.75 Å². The van der Waals surface area contributed by atoms with Crippen LogP contribution in [0.15, 0.2) is 34.2 Å². The van der Waals surface area contributed by atoms with E-state index in [2.05, 4.69) is 20.7 Å². The fourth-order valence-corrected chi connectivity index (χ4v) is 0.897. The summed E-state index contributed by atoms with van der Waals surface area (Å²) in [5, 5.41) is 10.3. The number of nitro benzene ring substituents is 1. The van der Waals surface area contributed by atoms with Crippen LogP contribution < -0.4 is 4.74 Å². The quantitative estimate of drug-likeness (QED) is 0.485. The molecule has 0 N–H and O–H groups in total. The molecular formula is C8H4BrClFNO3. The summed E-state index contributed by atoms with van der Waals surface area (Å²) in [5.74, 6) is 0.121. The first-order valence-electron chi connectivity index (χ1n) is 3.64. The van der Waals surface area contributed by atoms with Gasteiger partial charge < -0.3 is 4.74 Å². The van der Waals surface area contributed by atoms with Gasteiger partial charge in [-0.1, -0.05) is 11.6 Å². The summed E-state index contributed by atoms with van der Waals surface area (Å²) in [6.07, 6.45) is 0. The van der Waals surface area contributed by atoms with E-state index in [1.165, 1.54) is 24.3 Å². The molecular weight excluding hydrogens is 292 g/mol. The van der Waals surface area contributed by atoms with Gasteiger partial charge in [-0.3, -0.25) is 10.1 Å².